The number of rotatable bonds is 1. The average molecular weight is 342 g/mol. The van der Waals surface area contributed by atoms with E-state index in [0.29, 0.717) is 4.47 Å². The minimum absolute atomic E-state index is 0.105. The minimum Gasteiger partial charge on any atom is -0.273 e. The maximum atomic E-state index is 12.6. The first-order valence-corrected chi connectivity index (χ1v) is 7.10. The van der Waals surface area contributed by atoms with Crippen LogP contribution in [0.4, 0.5) is 5.95 Å². The number of halogens is 1. The summed E-state index contributed by atoms with van der Waals surface area (Å²) in [5.74, 6) is -0.535. The first-order valence-electron chi connectivity index (χ1n) is 6.31. The number of hydrogen-bond acceptors (Lipinski definition) is 4. The summed E-state index contributed by atoms with van der Waals surface area (Å²) < 4.78 is 0.688. The lowest BCUT2D eigenvalue weighted by atomic mass is 9.90. The van der Waals surface area contributed by atoms with Crippen LogP contribution in [0.1, 0.15) is 41.5 Å². The standard InChI is InChI=1S/C14H20BrN3O2/c1-13(2,3)10(19)18(11(20)14(4,5)6)12-16-7-9(15)8-17-12/h7-8H,1-6H3. The molecule has 0 aliphatic rings. The average Bonchev–Trinajstić information content (AvgIpc) is 2.29. The van der Waals surface area contributed by atoms with Crippen LogP contribution >= 0.6 is 15.9 Å². The number of nitrogens with zero attached hydrogens (tertiary/aromatic N) is 3. The van der Waals surface area contributed by atoms with Crippen LogP contribution in [0.5, 0.6) is 0 Å². The maximum Gasteiger partial charge on any atom is 0.241 e. The highest BCUT2D eigenvalue weighted by molar-refractivity contribution is 9.10. The van der Waals surface area contributed by atoms with Gasteiger partial charge in [0.15, 0.2) is 0 Å². The minimum atomic E-state index is -0.697. The van der Waals surface area contributed by atoms with Crippen molar-refractivity contribution in [1.29, 1.82) is 0 Å². The van der Waals surface area contributed by atoms with E-state index in [2.05, 4.69) is 25.9 Å². The van der Waals surface area contributed by atoms with Crippen LogP contribution in [0, 0.1) is 10.8 Å². The van der Waals surface area contributed by atoms with Gasteiger partial charge in [-0.2, -0.15) is 0 Å². The monoisotopic (exact) mass is 341 g/mol. The van der Waals surface area contributed by atoms with Crippen LogP contribution in [0.3, 0.4) is 0 Å². The Bertz CT molecular complexity index is 487. The molecule has 0 aliphatic heterocycles. The molecule has 1 aromatic rings. The lowest BCUT2D eigenvalue weighted by Gasteiger charge is -2.30. The molecule has 0 saturated heterocycles. The van der Waals surface area contributed by atoms with Crippen molar-refractivity contribution in [3.63, 3.8) is 0 Å². The molecule has 0 radical (unpaired) electrons. The molecule has 1 heterocycles. The van der Waals surface area contributed by atoms with Gasteiger partial charge in [0.2, 0.25) is 17.8 Å². The number of carbonyl (C=O) groups excluding carboxylic acids is 2. The summed E-state index contributed by atoms with van der Waals surface area (Å²) >= 11 is 3.23. The Morgan fingerprint density at radius 2 is 1.30 bits per heavy atom. The SMILES string of the molecule is CC(C)(C)C(=O)N(C(=O)C(C)(C)C)c1ncc(Br)cn1. The van der Waals surface area contributed by atoms with E-state index in [1.54, 1.807) is 41.5 Å². The Morgan fingerprint density at radius 3 is 1.60 bits per heavy atom. The van der Waals surface area contributed by atoms with Gasteiger partial charge in [-0.3, -0.25) is 9.59 Å². The molecule has 2 amide bonds. The van der Waals surface area contributed by atoms with Crippen molar-refractivity contribution >= 4 is 33.7 Å². The van der Waals surface area contributed by atoms with Gasteiger partial charge in [-0.15, -0.1) is 0 Å². The Morgan fingerprint density at radius 1 is 0.950 bits per heavy atom. The summed E-state index contributed by atoms with van der Waals surface area (Å²) in [7, 11) is 0. The van der Waals surface area contributed by atoms with Crippen molar-refractivity contribution in [2.24, 2.45) is 10.8 Å². The molecule has 0 saturated carbocycles. The van der Waals surface area contributed by atoms with Crippen LogP contribution in [0.2, 0.25) is 0 Å². The highest BCUT2D eigenvalue weighted by Crippen LogP contribution is 2.26. The zero-order chi connectivity index (χ0) is 15.7. The highest BCUT2D eigenvalue weighted by atomic mass is 79.9. The molecule has 0 aromatic carbocycles. The Hall–Kier alpha value is -1.30. The summed E-state index contributed by atoms with van der Waals surface area (Å²) in [5.41, 5.74) is -1.39. The lowest BCUT2D eigenvalue weighted by molar-refractivity contribution is -0.134. The Kier molecular flexibility index (Phi) is 4.69. The smallest absolute Gasteiger partial charge is 0.241 e. The van der Waals surface area contributed by atoms with Gasteiger partial charge in [0.25, 0.3) is 0 Å². The van der Waals surface area contributed by atoms with Crippen molar-refractivity contribution < 1.29 is 9.59 Å². The Labute approximate surface area is 127 Å². The van der Waals surface area contributed by atoms with Gasteiger partial charge >= 0.3 is 0 Å². The molecule has 0 unspecified atom stereocenters. The van der Waals surface area contributed by atoms with Gasteiger partial charge in [-0.1, -0.05) is 41.5 Å². The van der Waals surface area contributed by atoms with E-state index < -0.39 is 10.8 Å². The van der Waals surface area contributed by atoms with Crippen LogP contribution in [-0.2, 0) is 9.59 Å². The second kappa shape index (κ2) is 5.60. The molecule has 0 N–H and O–H groups in total. The summed E-state index contributed by atoms with van der Waals surface area (Å²) in [6.45, 7) is 10.6. The number of hydrogen-bond donors (Lipinski definition) is 0. The van der Waals surface area contributed by atoms with Gasteiger partial charge in [0.05, 0.1) is 4.47 Å². The number of anilines is 1. The van der Waals surface area contributed by atoms with Crippen LogP contribution in [0.15, 0.2) is 16.9 Å². The van der Waals surface area contributed by atoms with Crippen molar-refractivity contribution in [3.8, 4) is 0 Å². The molecular formula is C14H20BrN3O2. The third-order valence-corrected chi connectivity index (χ3v) is 2.91. The summed E-state index contributed by atoms with van der Waals surface area (Å²) in [4.78, 5) is 34.3. The van der Waals surface area contributed by atoms with E-state index in [4.69, 9.17) is 0 Å². The topological polar surface area (TPSA) is 63.2 Å². The number of carbonyl (C=O) groups is 2. The van der Waals surface area contributed by atoms with Crippen molar-refractivity contribution in [2.45, 2.75) is 41.5 Å². The number of aromatic nitrogens is 2. The van der Waals surface area contributed by atoms with Crippen molar-refractivity contribution in [2.75, 3.05) is 4.90 Å². The molecule has 0 spiro atoms. The van der Waals surface area contributed by atoms with E-state index in [0.717, 1.165) is 4.90 Å². The fourth-order valence-electron chi connectivity index (χ4n) is 1.37. The quantitative estimate of drug-likeness (QED) is 0.786. The van der Waals surface area contributed by atoms with Crippen LogP contribution in [0.25, 0.3) is 0 Å². The second-order valence-electron chi connectivity index (χ2n) is 6.65. The molecule has 5 nitrogen and oxygen atoms in total. The normalized spacial score (nSPS) is 12.2. The second-order valence-corrected chi connectivity index (χ2v) is 7.56. The predicted molar refractivity (Wildman–Crippen MR) is 81.1 cm³/mol. The van der Waals surface area contributed by atoms with E-state index >= 15 is 0 Å². The Balaban J connectivity index is 3.32. The number of amides is 2. The summed E-state index contributed by atoms with van der Waals surface area (Å²) in [5, 5.41) is 0. The predicted octanol–water partition coefficient (Wildman–Crippen LogP) is 3.19. The zero-order valence-corrected chi connectivity index (χ0v) is 14.3. The third kappa shape index (κ3) is 3.85. The fraction of sp³-hybridized carbons (Fsp3) is 0.571. The first-order chi connectivity index (χ1) is 8.94. The van der Waals surface area contributed by atoms with E-state index in [1.807, 2.05) is 0 Å². The molecule has 1 rings (SSSR count). The zero-order valence-electron chi connectivity index (χ0n) is 12.7. The summed E-state index contributed by atoms with van der Waals surface area (Å²) in [6.07, 6.45) is 3.03. The van der Waals surface area contributed by atoms with Gasteiger partial charge in [0, 0.05) is 23.2 Å². The van der Waals surface area contributed by atoms with Crippen LogP contribution < -0.4 is 4.90 Å². The third-order valence-electron chi connectivity index (χ3n) is 2.50. The molecule has 110 valence electrons. The maximum absolute atomic E-state index is 12.6. The molecule has 6 heteroatoms. The van der Waals surface area contributed by atoms with E-state index in [1.165, 1.54) is 12.4 Å². The molecule has 0 fully saturated rings. The molecule has 1 aromatic heterocycles. The molecular weight excluding hydrogens is 322 g/mol. The molecule has 20 heavy (non-hydrogen) atoms. The van der Waals surface area contributed by atoms with Gasteiger partial charge < -0.3 is 0 Å². The summed E-state index contributed by atoms with van der Waals surface area (Å²) in [6, 6.07) is 0. The lowest BCUT2D eigenvalue weighted by Crippen LogP contribution is -2.49. The van der Waals surface area contributed by atoms with E-state index in [9.17, 15) is 9.59 Å². The van der Waals surface area contributed by atoms with Gasteiger partial charge in [0.1, 0.15) is 0 Å². The van der Waals surface area contributed by atoms with Crippen molar-refractivity contribution in [3.05, 3.63) is 16.9 Å². The van der Waals surface area contributed by atoms with Crippen LogP contribution in [-0.4, -0.2) is 21.8 Å². The highest BCUT2D eigenvalue weighted by Gasteiger charge is 2.39. The fourth-order valence-corrected chi connectivity index (χ4v) is 1.57. The largest absolute Gasteiger partial charge is 0.273 e. The van der Waals surface area contributed by atoms with Crippen molar-refractivity contribution in [1.82, 2.24) is 9.97 Å². The van der Waals surface area contributed by atoms with Gasteiger partial charge in [-0.05, 0) is 15.9 Å². The first kappa shape index (κ1) is 16.8. The molecule has 0 aliphatic carbocycles. The molecule has 0 bridgehead atoms. The van der Waals surface area contributed by atoms with E-state index in [-0.39, 0.29) is 17.8 Å². The number of imide groups is 1. The van der Waals surface area contributed by atoms with Gasteiger partial charge in [-0.25, -0.2) is 14.9 Å². The molecule has 0 atom stereocenters.